The van der Waals surface area contributed by atoms with Gasteiger partial charge < -0.3 is 14.7 Å². The average molecular weight is 301 g/mol. The van der Waals surface area contributed by atoms with Gasteiger partial charge in [-0.15, -0.1) is 13.2 Å². The van der Waals surface area contributed by atoms with Crippen molar-refractivity contribution in [2.24, 2.45) is 0 Å². The molecule has 1 aliphatic heterocycles. The quantitative estimate of drug-likeness (QED) is 0.562. The minimum Gasteiger partial charge on any atom is -0.391 e. The van der Waals surface area contributed by atoms with Crippen molar-refractivity contribution in [3.8, 4) is 0 Å². The molecule has 1 amide bonds. The monoisotopic (exact) mass is 301 g/mol. The highest BCUT2D eigenvalue weighted by molar-refractivity contribution is 5.88. The third-order valence-corrected chi connectivity index (χ3v) is 3.85. The normalized spacial score (nSPS) is 22.0. The van der Waals surface area contributed by atoms with Crippen molar-refractivity contribution >= 4 is 5.91 Å². The van der Waals surface area contributed by atoms with E-state index in [0.29, 0.717) is 26.0 Å². The van der Waals surface area contributed by atoms with Gasteiger partial charge in [-0.05, 0) is 18.4 Å². The third kappa shape index (κ3) is 3.64. The minimum absolute atomic E-state index is 0.0640. The summed E-state index contributed by atoms with van der Waals surface area (Å²) in [4.78, 5) is 13.9. The number of benzene rings is 1. The van der Waals surface area contributed by atoms with Crippen LogP contribution in [0.15, 0.2) is 55.6 Å². The van der Waals surface area contributed by atoms with Gasteiger partial charge in [-0.2, -0.15) is 0 Å². The largest absolute Gasteiger partial charge is 0.391 e. The van der Waals surface area contributed by atoms with Crippen molar-refractivity contribution < 1.29 is 14.6 Å². The molecule has 118 valence electrons. The molecule has 1 N–H and O–H groups in total. The molecule has 4 heteroatoms. The Kier molecular flexibility index (Phi) is 5.92. The van der Waals surface area contributed by atoms with Gasteiger partial charge in [-0.25, -0.2) is 0 Å². The third-order valence-electron chi connectivity index (χ3n) is 3.85. The molecule has 0 radical (unpaired) electrons. The highest BCUT2D eigenvalue weighted by atomic mass is 16.5. The van der Waals surface area contributed by atoms with Crippen LogP contribution < -0.4 is 0 Å². The van der Waals surface area contributed by atoms with Crippen molar-refractivity contribution in [3.05, 3.63) is 61.2 Å². The number of carbonyl (C=O) groups excluding carboxylic acids is 1. The summed E-state index contributed by atoms with van der Waals surface area (Å²) in [6, 6.07) is 9.39. The molecule has 1 fully saturated rings. The summed E-state index contributed by atoms with van der Waals surface area (Å²) in [5.74, 6) is -0.0640. The van der Waals surface area contributed by atoms with Crippen LogP contribution in [-0.4, -0.2) is 40.7 Å². The first-order chi connectivity index (χ1) is 10.7. The Balaban J connectivity index is 1.99. The molecule has 2 rings (SSSR count). The minimum atomic E-state index is -0.652. The van der Waals surface area contributed by atoms with Crippen LogP contribution in [-0.2, 0) is 16.1 Å². The predicted octanol–water partition coefficient (Wildman–Crippen LogP) is 2.30. The Hall–Kier alpha value is -1.91. The zero-order valence-electron chi connectivity index (χ0n) is 12.7. The highest BCUT2D eigenvalue weighted by Crippen LogP contribution is 2.28. The summed E-state index contributed by atoms with van der Waals surface area (Å²) in [7, 11) is 0. The van der Waals surface area contributed by atoms with E-state index >= 15 is 0 Å². The van der Waals surface area contributed by atoms with Crippen LogP contribution in [0.1, 0.15) is 18.4 Å². The number of aliphatic hydroxyl groups is 1. The van der Waals surface area contributed by atoms with E-state index in [1.54, 1.807) is 17.1 Å². The van der Waals surface area contributed by atoms with E-state index in [1.807, 2.05) is 30.3 Å². The van der Waals surface area contributed by atoms with Crippen LogP contribution in [0.5, 0.6) is 0 Å². The molecule has 3 atom stereocenters. The lowest BCUT2D eigenvalue weighted by Gasteiger charge is -2.48. The van der Waals surface area contributed by atoms with E-state index in [4.69, 9.17) is 4.74 Å². The summed E-state index contributed by atoms with van der Waals surface area (Å²) in [5, 5.41) is 10.3. The number of carbonyl (C=O) groups is 1. The number of hydrogen-bond acceptors (Lipinski definition) is 3. The molecule has 0 aliphatic carbocycles. The van der Waals surface area contributed by atoms with Crippen molar-refractivity contribution in [2.75, 3.05) is 6.54 Å². The van der Waals surface area contributed by atoms with E-state index in [9.17, 15) is 9.90 Å². The predicted molar refractivity (Wildman–Crippen MR) is 86.2 cm³/mol. The van der Waals surface area contributed by atoms with Gasteiger partial charge in [0.15, 0.2) is 6.10 Å². The molecule has 0 spiro atoms. The first-order valence-corrected chi connectivity index (χ1v) is 7.55. The Morgan fingerprint density at radius 2 is 2.00 bits per heavy atom. The van der Waals surface area contributed by atoms with Gasteiger partial charge in [-0.3, -0.25) is 4.79 Å². The first kappa shape index (κ1) is 16.5. The first-order valence-electron chi connectivity index (χ1n) is 7.55. The fourth-order valence-corrected chi connectivity index (χ4v) is 2.68. The molecule has 1 heterocycles. The van der Waals surface area contributed by atoms with Gasteiger partial charge in [0.05, 0.1) is 18.8 Å². The molecule has 22 heavy (non-hydrogen) atoms. The number of likely N-dealkylation sites (tertiary alicyclic amines) is 1. The second kappa shape index (κ2) is 7.92. The summed E-state index contributed by atoms with van der Waals surface area (Å²) >= 11 is 0. The molecule has 0 unspecified atom stereocenters. The molecular weight excluding hydrogens is 278 g/mol. The molecule has 1 aromatic rings. The molecular formula is C18H23NO3. The van der Waals surface area contributed by atoms with Crippen LogP contribution >= 0.6 is 0 Å². The Labute approximate surface area is 131 Å². The topological polar surface area (TPSA) is 49.8 Å². The van der Waals surface area contributed by atoms with Gasteiger partial charge >= 0.3 is 0 Å². The van der Waals surface area contributed by atoms with Crippen molar-refractivity contribution in [1.29, 1.82) is 0 Å². The lowest BCUT2D eigenvalue weighted by molar-refractivity contribution is -0.186. The fraction of sp³-hybridized carbons (Fsp3) is 0.389. The van der Waals surface area contributed by atoms with E-state index < -0.39 is 12.2 Å². The van der Waals surface area contributed by atoms with E-state index in [2.05, 4.69) is 13.2 Å². The van der Waals surface area contributed by atoms with Crippen LogP contribution in [0.25, 0.3) is 0 Å². The molecule has 0 saturated carbocycles. The molecule has 1 saturated heterocycles. The number of ether oxygens (including phenoxy) is 1. The number of nitrogens with zero attached hydrogens (tertiary/aromatic N) is 1. The van der Waals surface area contributed by atoms with Crippen LogP contribution in [0.3, 0.4) is 0 Å². The van der Waals surface area contributed by atoms with Crippen molar-refractivity contribution in [1.82, 2.24) is 4.90 Å². The molecule has 1 aromatic carbocycles. The van der Waals surface area contributed by atoms with Gasteiger partial charge in [0.2, 0.25) is 0 Å². The van der Waals surface area contributed by atoms with Crippen LogP contribution in [0.4, 0.5) is 0 Å². The van der Waals surface area contributed by atoms with Gasteiger partial charge in [0.1, 0.15) is 0 Å². The van der Waals surface area contributed by atoms with Gasteiger partial charge in [-0.1, -0.05) is 42.5 Å². The number of hydrogen-bond donors (Lipinski definition) is 1. The number of aliphatic hydroxyl groups excluding tert-OH is 1. The highest BCUT2D eigenvalue weighted by Gasteiger charge is 2.50. The van der Waals surface area contributed by atoms with E-state index in [1.165, 1.54) is 0 Å². The maximum atomic E-state index is 12.2. The van der Waals surface area contributed by atoms with Crippen LogP contribution in [0.2, 0.25) is 0 Å². The number of amides is 1. The molecule has 1 aliphatic rings. The zero-order chi connectivity index (χ0) is 15.9. The molecule has 0 bridgehead atoms. The van der Waals surface area contributed by atoms with Crippen LogP contribution in [0, 0.1) is 0 Å². The number of rotatable bonds is 9. The number of β-lactam (4-membered cyclic amide) rings is 1. The standard InChI is InChI=1S/C18H23NO3/c1-3-5-12-19-16(15(20)9-4-2)17(18(19)21)22-13-14-10-7-6-8-11-14/h3-4,6-8,10-11,15-17,20H,1-2,5,9,12-13H2/t15-,16+,17-/m1/s1. The molecule has 4 nitrogen and oxygen atoms in total. The summed E-state index contributed by atoms with van der Waals surface area (Å²) in [5.41, 5.74) is 1.01. The van der Waals surface area contributed by atoms with Gasteiger partial charge in [0, 0.05) is 6.54 Å². The zero-order valence-corrected chi connectivity index (χ0v) is 12.7. The lowest BCUT2D eigenvalue weighted by Crippen LogP contribution is -2.69. The summed E-state index contributed by atoms with van der Waals surface area (Å²) in [6.07, 6.45) is 3.33. The second-order valence-corrected chi connectivity index (χ2v) is 5.41. The van der Waals surface area contributed by atoms with Gasteiger partial charge in [0.25, 0.3) is 5.91 Å². The lowest BCUT2D eigenvalue weighted by atomic mass is 9.90. The SMILES string of the molecule is C=CCCN1C(=O)[C@H](OCc2ccccc2)[C@@H]1[C@H](O)CC=C. The maximum Gasteiger partial charge on any atom is 0.254 e. The average Bonchev–Trinajstić information content (AvgIpc) is 2.53. The Morgan fingerprint density at radius 1 is 1.27 bits per heavy atom. The Bertz CT molecular complexity index is 514. The van der Waals surface area contributed by atoms with E-state index in [0.717, 1.165) is 5.56 Å². The fourth-order valence-electron chi connectivity index (χ4n) is 2.68. The second-order valence-electron chi connectivity index (χ2n) is 5.41. The Morgan fingerprint density at radius 3 is 2.64 bits per heavy atom. The van der Waals surface area contributed by atoms with E-state index in [-0.39, 0.29) is 11.9 Å². The smallest absolute Gasteiger partial charge is 0.254 e. The molecule has 0 aromatic heterocycles. The van der Waals surface area contributed by atoms with Crippen molar-refractivity contribution in [2.45, 2.75) is 37.7 Å². The maximum absolute atomic E-state index is 12.2. The summed E-state index contributed by atoms with van der Waals surface area (Å²) in [6.45, 7) is 8.24. The van der Waals surface area contributed by atoms with Crippen molar-refractivity contribution in [3.63, 3.8) is 0 Å². The summed E-state index contributed by atoms with van der Waals surface area (Å²) < 4.78 is 5.76.